The minimum atomic E-state index is 0.859. The van der Waals surface area contributed by atoms with Gasteiger partial charge in [-0.2, -0.15) is 0 Å². The average molecular weight is 334 g/mol. The molecule has 0 saturated heterocycles. The maximum atomic E-state index is 5.50. The van der Waals surface area contributed by atoms with E-state index in [1.165, 1.54) is 5.57 Å². The van der Waals surface area contributed by atoms with Crippen molar-refractivity contribution >= 4 is 11.1 Å². The van der Waals surface area contributed by atoms with Gasteiger partial charge in [0.2, 0.25) is 0 Å². The zero-order valence-electron chi connectivity index (χ0n) is 15.1. The molecule has 0 heteroatoms. The summed E-state index contributed by atoms with van der Waals surface area (Å²) in [5.41, 5.74) is 7.32. The van der Waals surface area contributed by atoms with Gasteiger partial charge in [-0.25, -0.2) is 0 Å². The minimum Gasteiger partial charge on any atom is -0.115 e. The third-order valence-electron chi connectivity index (χ3n) is 4.20. The van der Waals surface area contributed by atoms with E-state index in [1.807, 2.05) is 36.4 Å². The van der Waals surface area contributed by atoms with Gasteiger partial charge < -0.3 is 0 Å². The highest BCUT2D eigenvalue weighted by Gasteiger charge is 2.13. The second kappa shape index (κ2) is 9.12. The molecule has 0 unspecified atom stereocenters. The van der Waals surface area contributed by atoms with E-state index in [2.05, 4.69) is 56.2 Å². The van der Waals surface area contributed by atoms with Crippen LogP contribution in [0.1, 0.15) is 35.6 Å². The fraction of sp³-hybridized carbons (Fsp3) is 0.0769. The number of benzene rings is 2. The lowest BCUT2D eigenvalue weighted by atomic mass is 9.87. The Morgan fingerprint density at radius 3 is 1.77 bits per heavy atom. The summed E-state index contributed by atoms with van der Waals surface area (Å²) in [6.45, 7) is 9.97. The largest absolute Gasteiger partial charge is 0.115 e. The van der Waals surface area contributed by atoms with Crippen LogP contribution in [-0.4, -0.2) is 0 Å². The van der Waals surface area contributed by atoms with Gasteiger partial charge >= 0.3 is 0 Å². The Hall–Kier alpha value is -3.48. The average Bonchev–Trinajstić information content (AvgIpc) is 2.71. The molecule has 0 bridgehead atoms. The molecule has 0 atom stereocenters. The van der Waals surface area contributed by atoms with Crippen molar-refractivity contribution in [3.63, 3.8) is 0 Å². The van der Waals surface area contributed by atoms with Crippen LogP contribution in [0, 0.1) is 24.7 Å². The van der Waals surface area contributed by atoms with Crippen molar-refractivity contribution in [3.8, 4) is 24.7 Å². The summed E-state index contributed by atoms with van der Waals surface area (Å²) in [7, 11) is 0. The van der Waals surface area contributed by atoms with E-state index in [-0.39, 0.29) is 0 Å². The van der Waals surface area contributed by atoms with Crippen LogP contribution >= 0.6 is 0 Å². The minimum absolute atomic E-state index is 0.859. The Labute approximate surface area is 157 Å². The normalized spacial score (nSPS) is 11.7. The van der Waals surface area contributed by atoms with E-state index < -0.39 is 0 Å². The van der Waals surface area contributed by atoms with Gasteiger partial charge in [0.1, 0.15) is 0 Å². The van der Waals surface area contributed by atoms with Crippen molar-refractivity contribution in [1.82, 2.24) is 0 Å². The van der Waals surface area contributed by atoms with Crippen LogP contribution < -0.4 is 0 Å². The van der Waals surface area contributed by atoms with Crippen molar-refractivity contribution in [2.45, 2.75) is 13.3 Å². The molecule has 2 rings (SSSR count). The molecule has 0 aliphatic carbocycles. The van der Waals surface area contributed by atoms with Crippen molar-refractivity contribution < 1.29 is 0 Å². The molecule has 0 heterocycles. The summed E-state index contributed by atoms with van der Waals surface area (Å²) in [6.07, 6.45) is 17.5. The Balaban J connectivity index is 2.76. The van der Waals surface area contributed by atoms with Gasteiger partial charge in [0.05, 0.1) is 0 Å². The Bertz CT molecular complexity index is 931. The summed E-state index contributed by atoms with van der Waals surface area (Å²) < 4.78 is 0. The number of allylic oxidation sites excluding steroid dienone is 6. The highest BCUT2D eigenvalue weighted by Crippen LogP contribution is 2.35. The molecule has 0 aliphatic heterocycles. The predicted octanol–water partition coefficient (Wildman–Crippen LogP) is 6.27. The molecular weight excluding hydrogens is 312 g/mol. The molecule has 0 saturated carbocycles. The summed E-state index contributed by atoms with van der Waals surface area (Å²) in [5, 5.41) is 0. The lowest BCUT2D eigenvalue weighted by Gasteiger charge is -2.17. The first-order valence-corrected chi connectivity index (χ1v) is 8.51. The number of hydrogen-bond donors (Lipinski definition) is 0. The summed E-state index contributed by atoms with van der Waals surface area (Å²) in [4.78, 5) is 0. The smallest absolute Gasteiger partial charge is 0.0243 e. The molecule has 2 aromatic rings. The van der Waals surface area contributed by atoms with Crippen LogP contribution in [0.5, 0.6) is 0 Å². The van der Waals surface area contributed by atoms with Crippen LogP contribution in [0.25, 0.3) is 11.1 Å². The highest BCUT2D eigenvalue weighted by atomic mass is 14.2. The SMILES string of the molecule is C#Cc1ccc(/C(CC)=C(\C(C=C)=C\C=C)c2ccc(C#C)cc2)cc1. The second-order valence-electron chi connectivity index (χ2n) is 5.71. The third kappa shape index (κ3) is 4.13. The Morgan fingerprint density at radius 1 is 0.885 bits per heavy atom. The molecule has 0 nitrogen and oxygen atoms in total. The van der Waals surface area contributed by atoms with E-state index in [4.69, 9.17) is 12.8 Å². The van der Waals surface area contributed by atoms with Crippen molar-refractivity contribution in [1.29, 1.82) is 0 Å². The summed E-state index contributed by atoms with van der Waals surface area (Å²) in [6, 6.07) is 16.1. The lowest BCUT2D eigenvalue weighted by molar-refractivity contribution is 1.24. The molecule has 0 aliphatic rings. The molecule has 0 spiro atoms. The van der Waals surface area contributed by atoms with Gasteiger partial charge in [0.25, 0.3) is 0 Å². The molecule has 0 radical (unpaired) electrons. The molecule has 0 fully saturated rings. The molecular formula is C26H22. The molecule has 0 N–H and O–H groups in total. The third-order valence-corrected chi connectivity index (χ3v) is 4.20. The van der Waals surface area contributed by atoms with Gasteiger partial charge in [-0.1, -0.05) is 74.4 Å². The van der Waals surface area contributed by atoms with Crippen molar-refractivity contribution in [2.75, 3.05) is 0 Å². The topological polar surface area (TPSA) is 0 Å². The molecule has 0 aromatic heterocycles. The number of terminal acetylenes is 2. The zero-order valence-corrected chi connectivity index (χ0v) is 15.1. The molecule has 0 amide bonds. The van der Waals surface area contributed by atoms with E-state index >= 15 is 0 Å². The first-order valence-electron chi connectivity index (χ1n) is 8.51. The van der Waals surface area contributed by atoms with Crippen molar-refractivity contribution in [2.24, 2.45) is 0 Å². The van der Waals surface area contributed by atoms with Crippen LogP contribution in [0.15, 0.2) is 85.5 Å². The van der Waals surface area contributed by atoms with Crippen LogP contribution in [0.2, 0.25) is 0 Å². The molecule has 26 heavy (non-hydrogen) atoms. The first kappa shape index (κ1) is 18.9. The summed E-state index contributed by atoms with van der Waals surface area (Å²) in [5.74, 6) is 5.33. The Kier molecular flexibility index (Phi) is 6.61. The van der Waals surface area contributed by atoms with E-state index in [1.54, 1.807) is 6.08 Å². The van der Waals surface area contributed by atoms with Gasteiger partial charge in [-0.15, -0.1) is 12.8 Å². The van der Waals surface area contributed by atoms with Crippen LogP contribution in [-0.2, 0) is 0 Å². The van der Waals surface area contributed by atoms with Crippen molar-refractivity contribution in [3.05, 3.63) is 108 Å². The summed E-state index contributed by atoms with van der Waals surface area (Å²) >= 11 is 0. The fourth-order valence-electron chi connectivity index (χ4n) is 2.92. The first-order chi connectivity index (χ1) is 12.7. The van der Waals surface area contributed by atoms with E-state index in [9.17, 15) is 0 Å². The fourth-order valence-corrected chi connectivity index (χ4v) is 2.92. The maximum absolute atomic E-state index is 5.50. The highest BCUT2D eigenvalue weighted by molar-refractivity contribution is 5.99. The molecule has 126 valence electrons. The predicted molar refractivity (Wildman–Crippen MR) is 114 cm³/mol. The molecule has 2 aromatic carbocycles. The van der Waals surface area contributed by atoms with Gasteiger partial charge in [0.15, 0.2) is 0 Å². The lowest BCUT2D eigenvalue weighted by Crippen LogP contribution is -1.95. The van der Waals surface area contributed by atoms with Gasteiger partial charge in [0, 0.05) is 11.1 Å². The second-order valence-corrected chi connectivity index (χ2v) is 5.71. The number of rotatable bonds is 6. The standard InChI is InChI=1S/C26H22/c1-6-11-22(9-4)26(24-18-14-21(8-3)15-19-24)25(10-5)23-16-12-20(7-2)13-17-23/h2-3,6,9,11-19H,1,4,10H2,5H3/b22-11+,26-25+. The van der Waals surface area contributed by atoms with Gasteiger partial charge in [-0.3, -0.25) is 0 Å². The van der Waals surface area contributed by atoms with Gasteiger partial charge in [-0.05, 0) is 58.5 Å². The van der Waals surface area contributed by atoms with Crippen LogP contribution in [0.4, 0.5) is 0 Å². The number of hydrogen-bond acceptors (Lipinski definition) is 0. The quantitative estimate of drug-likeness (QED) is 0.332. The maximum Gasteiger partial charge on any atom is 0.0243 e. The van der Waals surface area contributed by atoms with E-state index in [0.717, 1.165) is 39.8 Å². The van der Waals surface area contributed by atoms with E-state index in [0.29, 0.717) is 0 Å². The van der Waals surface area contributed by atoms with Crippen LogP contribution in [0.3, 0.4) is 0 Å². The zero-order chi connectivity index (χ0) is 18.9. The monoisotopic (exact) mass is 334 g/mol. The Morgan fingerprint density at radius 2 is 1.38 bits per heavy atom.